The number of nitrogens with zero attached hydrogens (tertiary/aromatic N) is 1. The number of hydrogen-bond acceptors (Lipinski definition) is 9. The summed E-state index contributed by atoms with van der Waals surface area (Å²) >= 11 is 13.0. The van der Waals surface area contributed by atoms with E-state index in [2.05, 4.69) is 31.6 Å². The SMILES string of the molecule is COC(=O)[C@H](CNC(=O)CN[C@H]1CCCc2ccc(N/C(=N/C(=O)OC(C)(C)C)NC(=O)OC(C)(C)C)cc21)NC(=O)c1c(Cl)cc(-c2ccccc2)cc1Cl. The third-order valence-electron chi connectivity index (χ3n) is 8.12. The fraction of sp³-hybridized carbons (Fsp3) is 0.400. The van der Waals surface area contributed by atoms with Crippen LogP contribution in [0.1, 0.15) is 81.9 Å². The van der Waals surface area contributed by atoms with Gasteiger partial charge in [-0.05, 0) is 107 Å². The van der Waals surface area contributed by atoms with E-state index in [-0.39, 0.29) is 40.7 Å². The highest BCUT2D eigenvalue weighted by Crippen LogP contribution is 2.33. The number of methoxy groups -OCH3 is 1. The van der Waals surface area contributed by atoms with E-state index < -0.39 is 47.2 Å². The highest BCUT2D eigenvalue weighted by Gasteiger charge is 2.27. The van der Waals surface area contributed by atoms with Gasteiger partial charge in [0.2, 0.25) is 11.9 Å². The van der Waals surface area contributed by atoms with Crippen LogP contribution in [0.4, 0.5) is 15.3 Å². The van der Waals surface area contributed by atoms with Crippen LogP contribution in [-0.2, 0) is 30.2 Å². The maximum Gasteiger partial charge on any atom is 0.437 e. The van der Waals surface area contributed by atoms with E-state index in [0.717, 1.165) is 29.5 Å². The molecule has 2 atom stereocenters. The van der Waals surface area contributed by atoms with Crippen LogP contribution in [0, 0.1) is 0 Å². The van der Waals surface area contributed by atoms with Crippen molar-refractivity contribution in [3.05, 3.63) is 87.4 Å². The monoisotopic (exact) mass is 810 g/mol. The number of amides is 4. The van der Waals surface area contributed by atoms with Crippen LogP contribution in [-0.4, -0.2) is 73.4 Å². The normalized spacial score (nSPS) is 14.7. The Hall–Kier alpha value is -5.18. The van der Waals surface area contributed by atoms with Gasteiger partial charge in [0.1, 0.15) is 17.2 Å². The van der Waals surface area contributed by atoms with Gasteiger partial charge in [-0.1, -0.05) is 59.6 Å². The van der Waals surface area contributed by atoms with Crippen molar-refractivity contribution in [3.8, 4) is 11.1 Å². The summed E-state index contributed by atoms with van der Waals surface area (Å²) in [5.74, 6) is -2.14. The van der Waals surface area contributed by atoms with Crippen molar-refractivity contribution in [3.63, 3.8) is 0 Å². The van der Waals surface area contributed by atoms with Crippen molar-refractivity contribution in [1.82, 2.24) is 21.3 Å². The van der Waals surface area contributed by atoms with Gasteiger partial charge >= 0.3 is 18.2 Å². The molecule has 0 aliphatic heterocycles. The number of nitrogens with one attached hydrogen (secondary N) is 5. The number of anilines is 1. The van der Waals surface area contributed by atoms with E-state index in [1.165, 1.54) is 7.11 Å². The third kappa shape index (κ3) is 13.2. The van der Waals surface area contributed by atoms with Crippen LogP contribution in [0.25, 0.3) is 11.1 Å². The minimum atomic E-state index is -1.24. The first-order chi connectivity index (χ1) is 26.3. The number of fused-ring (bicyclic) bond motifs is 1. The van der Waals surface area contributed by atoms with Crippen LogP contribution in [0.2, 0.25) is 10.0 Å². The Kier molecular flexibility index (Phi) is 14.9. The Balaban J connectivity index is 1.41. The molecule has 0 fully saturated rings. The van der Waals surface area contributed by atoms with E-state index in [1.807, 2.05) is 42.5 Å². The number of guanidine groups is 1. The van der Waals surface area contributed by atoms with E-state index in [9.17, 15) is 24.0 Å². The Morgan fingerprint density at radius 1 is 0.875 bits per heavy atom. The zero-order valence-electron chi connectivity index (χ0n) is 32.4. The van der Waals surface area contributed by atoms with Gasteiger partial charge in [-0.2, -0.15) is 0 Å². The van der Waals surface area contributed by atoms with E-state index in [1.54, 1.807) is 59.7 Å². The molecule has 4 amide bonds. The molecule has 3 aromatic carbocycles. The highest BCUT2D eigenvalue weighted by molar-refractivity contribution is 6.40. The summed E-state index contributed by atoms with van der Waals surface area (Å²) in [5.41, 5.74) is 2.37. The number of carbonyl (C=O) groups excluding carboxylic acids is 5. The first-order valence-electron chi connectivity index (χ1n) is 18.0. The van der Waals surface area contributed by atoms with Crippen molar-refractivity contribution >= 4 is 64.8 Å². The molecular weight excluding hydrogens is 763 g/mol. The number of ether oxygens (including phenoxy) is 3. The fourth-order valence-electron chi connectivity index (χ4n) is 5.74. The molecule has 16 heteroatoms. The number of esters is 1. The van der Waals surface area contributed by atoms with E-state index in [0.29, 0.717) is 17.7 Å². The predicted molar refractivity (Wildman–Crippen MR) is 215 cm³/mol. The summed E-state index contributed by atoms with van der Waals surface area (Å²) in [7, 11) is 1.17. The van der Waals surface area contributed by atoms with Gasteiger partial charge < -0.3 is 35.5 Å². The molecule has 0 spiro atoms. The first kappa shape index (κ1) is 43.5. The Labute approximate surface area is 336 Å². The average Bonchev–Trinajstić information content (AvgIpc) is 3.10. The lowest BCUT2D eigenvalue weighted by atomic mass is 9.87. The molecule has 14 nitrogen and oxygen atoms in total. The molecular formula is C40H48Cl2N6O8. The summed E-state index contributed by atoms with van der Waals surface area (Å²) in [5, 5.41) is 14.1. The molecule has 1 aliphatic carbocycles. The van der Waals surface area contributed by atoms with Gasteiger partial charge in [-0.25, -0.2) is 14.4 Å². The molecule has 0 bridgehead atoms. The zero-order valence-corrected chi connectivity index (χ0v) is 33.9. The summed E-state index contributed by atoms with van der Waals surface area (Å²) < 4.78 is 15.5. The van der Waals surface area contributed by atoms with Crippen molar-refractivity contribution in [2.24, 2.45) is 4.99 Å². The number of hydrogen-bond donors (Lipinski definition) is 5. The Morgan fingerprint density at radius 3 is 2.16 bits per heavy atom. The van der Waals surface area contributed by atoms with Gasteiger partial charge in [-0.3, -0.25) is 14.9 Å². The topological polar surface area (TPSA) is 186 Å². The lowest BCUT2D eigenvalue weighted by Crippen LogP contribution is -2.50. The number of benzene rings is 3. The smallest absolute Gasteiger partial charge is 0.437 e. The minimum absolute atomic E-state index is 0.0245. The molecule has 0 saturated carbocycles. The number of rotatable bonds is 10. The fourth-order valence-corrected chi connectivity index (χ4v) is 6.40. The molecule has 0 unspecified atom stereocenters. The van der Waals surface area contributed by atoms with Crippen LogP contribution in [0.3, 0.4) is 0 Å². The summed E-state index contributed by atoms with van der Waals surface area (Å²) in [6.07, 6.45) is 0.634. The van der Waals surface area contributed by atoms with Crippen LogP contribution in [0.15, 0.2) is 65.7 Å². The quantitative estimate of drug-likeness (QED) is 0.0622. The number of halogens is 2. The van der Waals surface area contributed by atoms with Gasteiger partial charge in [0.15, 0.2) is 0 Å². The molecule has 56 heavy (non-hydrogen) atoms. The molecule has 5 N–H and O–H groups in total. The first-order valence-corrected chi connectivity index (χ1v) is 18.7. The molecule has 1 aliphatic rings. The second kappa shape index (κ2) is 19.1. The maximum absolute atomic E-state index is 13.3. The van der Waals surface area contributed by atoms with Crippen LogP contribution in [0.5, 0.6) is 0 Å². The summed E-state index contributed by atoms with van der Waals surface area (Å²) in [6.45, 7) is 9.82. The van der Waals surface area contributed by atoms with E-state index >= 15 is 0 Å². The predicted octanol–water partition coefficient (Wildman–Crippen LogP) is 6.94. The summed E-state index contributed by atoms with van der Waals surface area (Å²) in [4.78, 5) is 68.1. The van der Waals surface area contributed by atoms with Crippen molar-refractivity contribution in [1.29, 1.82) is 0 Å². The van der Waals surface area contributed by atoms with Gasteiger partial charge in [0.25, 0.3) is 5.91 Å². The molecule has 0 heterocycles. The lowest BCUT2D eigenvalue weighted by molar-refractivity contribution is -0.142. The van der Waals surface area contributed by atoms with E-state index in [4.69, 9.17) is 37.4 Å². The van der Waals surface area contributed by atoms with Gasteiger partial charge in [0.05, 0.1) is 29.3 Å². The largest absolute Gasteiger partial charge is 0.467 e. The molecule has 3 aromatic rings. The van der Waals surface area contributed by atoms with Crippen molar-refractivity contribution < 1.29 is 38.2 Å². The second-order valence-corrected chi connectivity index (χ2v) is 15.8. The molecule has 0 saturated heterocycles. The highest BCUT2D eigenvalue weighted by atomic mass is 35.5. The number of aryl methyl sites for hydroxylation is 1. The number of carbonyl (C=O) groups is 5. The van der Waals surface area contributed by atoms with Gasteiger partial charge in [0, 0.05) is 18.3 Å². The van der Waals surface area contributed by atoms with Crippen molar-refractivity contribution in [2.75, 3.05) is 25.5 Å². The number of alkyl carbamates (subject to hydrolysis) is 1. The maximum atomic E-state index is 13.3. The van der Waals surface area contributed by atoms with Gasteiger partial charge in [-0.15, -0.1) is 4.99 Å². The molecule has 0 radical (unpaired) electrons. The minimum Gasteiger partial charge on any atom is -0.467 e. The molecule has 300 valence electrons. The average molecular weight is 812 g/mol. The third-order valence-corrected chi connectivity index (χ3v) is 8.71. The lowest BCUT2D eigenvalue weighted by Gasteiger charge is -2.27. The van der Waals surface area contributed by atoms with Crippen LogP contribution < -0.4 is 26.6 Å². The zero-order chi connectivity index (χ0) is 41.2. The van der Waals surface area contributed by atoms with Crippen LogP contribution >= 0.6 is 23.2 Å². The molecule has 4 rings (SSSR count). The standard InChI is InChI=1S/C40H48Cl2N6O8/c1-39(2,3)55-37(52)47-36(48-38(53)56-40(4,5)6)45-26-17-16-24-14-11-15-30(27(24)20-26)43-22-32(49)44-21-31(35(51)54-7)46-34(50)33-28(41)18-25(19-29(33)42)23-12-9-8-10-13-23/h8-10,12-13,16-20,30-31,43H,11,14-15,21-22H2,1-7H3,(H,44,49)(H,46,50)(H2,45,47,48,52,53)/t30-,31-/m0/s1. The van der Waals surface area contributed by atoms with Crippen molar-refractivity contribution in [2.45, 2.75) is 84.1 Å². The Bertz CT molecular complexity index is 1940. The second-order valence-electron chi connectivity index (χ2n) is 15.0. The number of aliphatic imine (C=N–C) groups is 1. The summed E-state index contributed by atoms with van der Waals surface area (Å²) in [6, 6.07) is 16.6. The molecule has 0 aromatic heterocycles. The Morgan fingerprint density at radius 2 is 1.54 bits per heavy atom.